The van der Waals surface area contributed by atoms with Gasteiger partial charge in [-0.25, -0.2) is 0 Å². The molecule has 0 heterocycles. The number of halogens is 1. The van der Waals surface area contributed by atoms with Crippen molar-refractivity contribution < 1.29 is 4.74 Å². The third-order valence-corrected chi connectivity index (χ3v) is 4.56. The molecule has 0 unspecified atom stereocenters. The molecule has 0 spiro atoms. The maximum atomic E-state index is 9.49. The molecule has 0 radical (unpaired) electrons. The Morgan fingerprint density at radius 1 is 1.13 bits per heavy atom. The fourth-order valence-corrected chi connectivity index (χ4v) is 3.16. The minimum absolute atomic E-state index is 0.622. The minimum Gasteiger partial charge on any atom is -0.497 e. The van der Waals surface area contributed by atoms with Crippen LogP contribution in [-0.4, -0.2) is 7.11 Å². The molecule has 0 aliphatic heterocycles. The summed E-state index contributed by atoms with van der Waals surface area (Å²) in [6.45, 7) is 0.642. The van der Waals surface area contributed by atoms with Crippen molar-refractivity contribution in [2.24, 2.45) is 0 Å². The molecule has 0 saturated heterocycles. The number of fused-ring (bicyclic) bond motifs is 1. The first-order valence-electron chi connectivity index (χ1n) is 7.21. The molecule has 0 bridgehead atoms. The number of anilines is 1. The number of methoxy groups -OCH3 is 1. The largest absolute Gasteiger partial charge is 0.497 e. The molecule has 4 heteroatoms. The van der Waals surface area contributed by atoms with Gasteiger partial charge in [0, 0.05) is 11.0 Å². The molecule has 0 fully saturated rings. The maximum absolute atomic E-state index is 9.49. The SMILES string of the molecule is COc1ccc(CNc2cc3ccccc3c(Br)c2C#N)cc1. The summed E-state index contributed by atoms with van der Waals surface area (Å²) in [4.78, 5) is 0. The minimum atomic E-state index is 0.622. The second-order valence-corrected chi connectivity index (χ2v) is 5.94. The van der Waals surface area contributed by atoms with Gasteiger partial charge >= 0.3 is 0 Å². The summed E-state index contributed by atoms with van der Waals surface area (Å²) in [5.74, 6) is 0.833. The summed E-state index contributed by atoms with van der Waals surface area (Å²) < 4.78 is 5.99. The topological polar surface area (TPSA) is 45.0 Å². The first-order valence-corrected chi connectivity index (χ1v) is 8.00. The van der Waals surface area contributed by atoms with Crippen molar-refractivity contribution in [3.05, 3.63) is 70.2 Å². The van der Waals surface area contributed by atoms with E-state index in [4.69, 9.17) is 4.74 Å². The fraction of sp³-hybridized carbons (Fsp3) is 0.105. The van der Waals surface area contributed by atoms with Crippen molar-refractivity contribution in [3.8, 4) is 11.8 Å². The van der Waals surface area contributed by atoms with Gasteiger partial charge in [0.15, 0.2) is 0 Å². The molecule has 23 heavy (non-hydrogen) atoms. The van der Waals surface area contributed by atoms with Crippen LogP contribution < -0.4 is 10.1 Å². The molecule has 0 saturated carbocycles. The van der Waals surface area contributed by atoms with E-state index in [0.29, 0.717) is 12.1 Å². The van der Waals surface area contributed by atoms with Crippen LogP contribution in [0.3, 0.4) is 0 Å². The molecule has 1 N–H and O–H groups in total. The van der Waals surface area contributed by atoms with E-state index in [-0.39, 0.29) is 0 Å². The molecular formula is C19H15BrN2O. The lowest BCUT2D eigenvalue weighted by Gasteiger charge is -2.12. The van der Waals surface area contributed by atoms with E-state index in [1.807, 2.05) is 54.6 Å². The first kappa shape index (κ1) is 15.4. The Morgan fingerprint density at radius 2 is 1.87 bits per heavy atom. The predicted octanol–water partition coefficient (Wildman–Crippen LogP) is 5.09. The normalized spacial score (nSPS) is 10.3. The quantitative estimate of drug-likeness (QED) is 0.698. The summed E-state index contributed by atoms with van der Waals surface area (Å²) in [5.41, 5.74) is 2.57. The summed E-state index contributed by atoms with van der Waals surface area (Å²) in [7, 11) is 1.65. The van der Waals surface area contributed by atoms with E-state index >= 15 is 0 Å². The van der Waals surface area contributed by atoms with Gasteiger partial charge in [0.25, 0.3) is 0 Å². The van der Waals surface area contributed by atoms with Crippen LogP contribution in [0.1, 0.15) is 11.1 Å². The lowest BCUT2D eigenvalue weighted by Crippen LogP contribution is -2.02. The van der Waals surface area contributed by atoms with Gasteiger partial charge in [-0.3, -0.25) is 0 Å². The van der Waals surface area contributed by atoms with Gasteiger partial charge in [0.1, 0.15) is 11.8 Å². The van der Waals surface area contributed by atoms with E-state index in [0.717, 1.165) is 32.2 Å². The smallest absolute Gasteiger partial charge is 0.118 e. The molecule has 0 aliphatic rings. The number of nitriles is 1. The Morgan fingerprint density at radius 3 is 2.57 bits per heavy atom. The number of nitrogens with one attached hydrogen (secondary N) is 1. The molecule has 3 rings (SSSR count). The summed E-state index contributed by atoms with van der Waals surface area (Å²) >= 11 is 3.56. The molecule has 3 aromatic carbocycles. The number of hydrogen-bond donors (Lipinski definition) is 1. The fourth-order valence-electron chi connectivity index (χ4n) is 2.49. The van der Waals surface area contributed by atoms with E-state index < -0.39 is 0 Å². The Labute approximate surface area is 143 Å². The number of rotatable bonds is 4. The van der Waals surface area contributed by atoms with Crippen molar-refractivity contribution in [2.45, 2.75) is 6.54 Å². The van der Waals surface area contributed by atoms with Crippen LogP contribution in [0.2, 0.25) is 0 Å². The van der Waals surface area contributed by atoms with Crippen LogP contribution in [0.4, 0.5) is 5.69 Å². The van der Waals surface area contributed by atoms with Crippen LogP contribution in [0.25, 0.3) is 10.8 Å². The Bertz CT molecular complexity index is 882. The van der Waals surface area contributed by atoms with Crippen LogP contribution >= 0.6 is 15.9 Å². The van der Waals surface area contributed by atoms with Gasteiger partial charge in [-0.2, -0.15) is 5.26 Å². The average Bonchev–Trinajstić information content (AvgIpc) is 2.60. The summed E-state index contributed by atoms with van der Waals surface area (Å²) in [6, 6.07) is 20.2. The number of benzene rings is 3. The van der Waals surface area contributed by atoms with Gasteiger partial charge in [0.2, 0.25) is 0 Å². The maximum Gasteiger partial charge on any atom is 0.118 e. The van der Waals surface area contributed by atoms with Gasteiger partial charge in [-0.1, -0.05) is 36.4 Å². The molecule has 0 aliphatic carbocycles. The van der Waals surface area contributed by atoms with E-state index in [2.05, 4.69) is 27.3 Å². The van der Waals surface area contributed by atoms with Gasteiger partial charge in [-0.05, 0) is 50.5 Å². The zero-order chi connectivity index (χ0) is 16.2. The highest BCUT2D eigenvalue weighted by molar-refractivity contribution is 9.10. The first-order chi connectivity index (χ1) is 11.2. The molecule has 0 atom stereocenters. The van der Waals surface area contributed by atoms with Crippen molar-refractivity contribution in [2.75, 3.05) is 12.4 Å². The van der Waals surface area contributed by atoms with Gasteiger partial charge in [0.05, 0.1) is 18.4 Å². The molecule has 114 valence electrons. The van der Waals surface area contributed by atoms with Crippen molar-refractivity contribution in [3.63, 3.8) is 0 Å². The average molecular weight is 367 g/mol. The van der Waals surface area contributed by atoms with Crippen LogP contribution in [-0.2, 0) is 6.54 Å². The highest BCUT2D eigenvalue weighted by atomic mass is 79.9. The highest BCUT2D eigenvalue weighted by Gasteiger charge is 2.11. The molecular weight excluding hydrogens is 352 g/mol. The number of nitrogens with zero attached hydrogens (tertiary/aromatic N) is 1. The number of hydrogen-bond acceptors (Lipinski definition) is 3. The zero-order valence-corrected chi connectivity index (χ0v) is 14.2. The highest BCUT2D eigenvalue weighted by Crippen LogP contribution is 2.33. The van der Waals surface area contributed by atoms with Crippen LogP contribution in [0.5, 0.6) is 5.75 Å². The summed E-state index contributed by atoms with van der Waals surface area (Å²) in [6.07, 6.45) is 0. The van der Waals surface area contributed by atoms with E-state index in [1.54, 1.807) is 7.11 Å². The second-order valence-electron chi connectivity index (χ2n) is 5.15. The van der Waals surface area contributed by atoms with Crippen molar-refractivity contribution >= 4 is 32.4 Å². The number of ether oxygens (including phenoxy) is 1. The Hall–Kier alpha value is -2.51. The monoisotopic (exact) mass is 366 g/mol. The van der Waals surface area contributed by atoms with Crippen molar-refractivity contribution in [1.82, 2.24) is 0 Å². The van der Waals surface area contributed by atoms with Crippen LogP contribution in [0, 0.1) is 11.3 Å². The second kappa shape index (κ2) is 6.72. The summed E-state index contributed by atoms with van der Waals surface area (Å²) in [5, 5.41) is 15.0. The lowest BCUT2D eigenvalue weighted by atomic mass is 10.1. The van der Waals surface area contributed by atoms with Crippen molar-refractivity contribution in [1.29, 1.82) is 5.26 Å². The molecule has 3 aromatic rings. The van der Waals surface area contributed by atoms with E-state index in [9.17, 15) is 5.26 Å². The standard InChI is InChI=1S/C19H15BrN2O/c1-23-15-8-6-13(7-9-15)12-22-18-10-14-4-2-3-5-16(14)19(20)17(18)11-21/h2-10,22H,12H2,1H3. The zero-order valence-electron chi connectivity index (χ0n) is 12.6. The van der Waals surface area contributed by atoms with Gasteiger partial charge in [-0.15, -0.1) is 0 Å². The Balaban J connectivity index is 1.91. The Kier molecular flexibility index (Phi) is 4.50. The molecule has 3 nitrogen and oxygen atoms in total. The molecule has 0 aromatic heterocycles. The third kappa shape index (κ3) is 3.15. The molecule has 0 amide bonds. The lowest BCUT2D eigenvalue weighted by molar-refractivity contribution is 0.414. The predicted molar refractivity (Wildman–Crippen MR) is 96.7 cm³/mol. The van der Waals surface area contributed by atoms with Crippen LogP contribution in [0.15, 0.2) is 59.1 Å². The van der Waals surface area contributed by atoms with E-state index in [1.165, 1.54) is 0 Å². The third-order valence-electron chi connectivity index (χ3n) is 3.74. The van der Waals surface area contributed by atoms with Gasteiger partial charge < -0.3 is 10.1 Å².